The molecule has 92 valence electrons. The van der Waals surface area contributed by atoms with Gasteiger partial charge in [0.2, 0.25) is 5.91 Å². The Balaban J connectivity index is 1.44. The number of rotatable bonds is 6. The summed E-state index contributed by atoms with van der Waals surface area (Å²) in [7, 11) is 0. The summed E-state index contributed by atoms with van der Waals surface area (Å²) in [6.45, 7) is 2.90. The molecule has 0 spiro atoms. The Kier molecular flexibility index (Phi) is 4.60. The number of nitrogens with one attached hydrogen (secondary N) is 2. The van der Waals surface area contributed by atoms with E-state index in [0.717, 1.165) is 26.1 Å². The first-order chi connectivity index (χ1) is 7.84. The summed E-state index contributed by atoms with van der Waals surface area (Å²) >= 11 is 0. The highest BCUT2D eigenvalue weighted by molar-refractivity contribution is 5.78. The molecule has 2 saturated heterocycles. The molecule has 2 N–H and O–H groups in total. The van der Waals surface area contributed by atoms with E-state index in [9.17, 15) is 4.79 Å². The number of carbonyl (C=O) groups is 1. The molecule has 0 radical (unpaired) electrons. The largest absolute Gasteiger partial charge is 0.378 e. The summed E-state index contributed by atoms with van der Waals surface area (Å²) in [5.41, 5.74) is 0. The summed E-state index contributed by atoms with van der Waals surface area (Å²) in [6, 6.07) is 0.357. The van der Waals surface area contributed by atoms with Gasteiger partial charge in [-0.25, -0.2) is 0 Å². The molecule has 1 amide bonds. The molecule has 4 nitrogen and oxygen atoms in total. The van der Waals surface area contributed by atoms with Crippen LogP contribution in [-0.2, 0) is 9.53 Å². The number of carbonyl (C=O) groups excluding carboxylic acids is 1. The Morgan fingerprint density at radius 1 is 1.44 bits per heavy atom. The average Bonchev–Trinajstić information content (AvgIpc) is 2.89. The van der Waals surface area contributed by atoms with Gasteiger partial charge in [-0.2, -0.15) is 0 Å². The summed E-state index contributed by atoms with van der Waals surface area (Å²) in [5.74, 6) is 0.200. The van der Waals surface area contributed by atoms with Gasteiger partial charge in [0.05, 0.1) is 6.10 Å². The van der Waals surface area contributed by atoms with E-state index in [0.29, 0.717) is 18.6 Å². The van der Waals surface area contributed by atoms with Gasteiger partial charge in [-0.15, -0.1) is 0 Å². The van der Waals surface area contributed by atoms with Gasteiger partial charge >= 0.3 is 0 Å². The lowest BCUT2D eigenvalue weighted by molar-refractivity contribution is -0.119. The summed E-state index contributed by atoms with van der Waals surface area (Å²) in [4.78, 5) is 11.0. The van der Waals surface area contributed by atoms with Crippen LogP contribution in [0.4, 0.5) is 0 Å². The molecule has 16 heavy (non-hydrogen) atoms. The fourth-order valence-corrected chi connectivity index (χ4v) is 2.43. The minimum absolute atomic E-state index is 0.200. The zero-order chi connectivity index (χ0) is 11.2. The molecule has 0 aromatic heterocycles. The topological polar surface area (TPSA) is 50.4 Å². The van der Waals surface area contributed by atoms with Crippen molar-refractivity contribution >= 4 is 5.91 Å². The lowest BCUT2D eigenvalue weighted by atomic mass is 10.1. The lowest BCUT2D eigenvalue weighted by Crippen LogP contribution is -2.36. The fraction of sp³-hybridized carbons (Fsp3) is 0.917. The van der Waals surface area contributed by atoms with Gasteiger partial charge in [-0.1, -0.05) is 0 Å². The van der Waals surface area contributed by atoms with Crippen LogP contribution >= 0.6 is 0 Å². The molecule has 0 aromatic carbocycles. The van der Waals surface area contributed by atoms with E-state index in [1.165, 1.54) is 25.7 Å². The van der Waals surface area contributed by atoms with Crippen LogP contribution in [0.5, 0.6) is 0 Å². The third-order valence-corrected chi connectivity index (χ3v) is 3.38. The first kappa shape index (κ1) is 11.9. The van der Waals surface area contributed by atoms with Gasteiger partial charge in [0, 0.05) is 25.6 Å². The molecule has 0 bridgehead atoms. The molecule has 2 aliphatic heterocycles. The van der Waals surface area contributed by atoms with Crippen molar-refractivity contribution in [2.45, 2.75) is 50.7 Å². The van der Waals surface area contributed by atoms with Gasteiger partial charge in [0.1, 0.15) is 0 Å². The van der Waals surface area contributed by atoms with E-state index >= 15 is 0 Å². The highest BCUT2D eigenvalue weighted by Crippen LogP contribution is 2.16. The maximum atomic E-state index is 11.0. The predicted octanol–water partition coefficient (Wildman–Crippen LogP) is 0.814. The van der Waals surface area contributed by atoms with Gasteiger partial charge in [-0.05, 0) is 38.6 Å². The monoisotopic (exact) mass is 226 g/mol. The Morgan fingerprint density at radius 3 is 3.06 bits per heavy atom. The van der Waals surface area contributed by atoms with E-state index in [1.54, 1.807) is 0 Å². The quantitative estimate of drug-likeness (QED) is 0.659. The highest BCUT2D eigenvalue weighted by atomic mass is 16.5. The second kappa shape index (κ2) is 6.21. The number of ether oxygens (including phenoxy) is 1. The Hall–Kier alpha value is -0.610. The van der Waals surface area contributed by atoms with E-state index in [4.69, 9.17) is 4.74 Å². The van der Waals surface area contributed by atoms with Crippen LogP contribution in [0, 0.1) is 0 Å². The smallest absolute Gasteiger partial charge is 0.220 e. The van der Waals surface area contributed by atoms with Crippen molar-refractivity contribution in [3.8, 4) is 0 Å². The zero-order valence-corrected chi connectivity index (χ0v) is 9.84. The van der Waals surface area contributed by atoms with Crippen LogP contribution in [0.3, 0.4) is 0 Å². The SMILES string of the molecule is O=C1CCC(CNCCCC2CCCO2)N1. The van der Waals surface area contributed by atoms with Crippen molar-refractivity contribution in [1.82, 2.24) is 10.6 Å². The van der Waals surface area contributed by atoms with Crippen molar-refractivity contribution < 1.29 is 9.53 Å². The Labute approximate surface area is 97.1 Å². The zero-order valence-electron chi connectivity index (χ0n) is 9.84. The molecule has 2 fully saturated rings. The number of hydrogen-bond acceptors (Lipinski definition) is 3. The van der Waals surface area contributed by atoms with Crippen molar-refractivity contribution in [1.29, 1.82) is 0 Å². The predicted molar refractivity (Wildman–Crippen MR) is 62.2 cm³/mol. The first-order valence-corrected chi connectivity index (χ1v) is 6.46. The van der Waals surface area contributed by atoms with Gasteiger partial charge in [0.25, 0.3) is 0 Å². The van der Waals surface area contributed by atoms with Crippen molar-refractivity contribution in [3.63, 3.8) is 0 Å². The van der Waals surface area contributed by atoms with Crippen LogP contribution in [0.1, 0.15) is 38.5 Å². The minimum Gasteiger partial charge on any atom is -0.378 e. The molecule has 2 aliphatic rings. The second-order valence-corrected chi connectivity index (χ2v) is 4.78. The fourth-order valence-electron chi connectivity index (χ4n) is 2.43. The number of amides is 1. The van der Waals surface area contributed by atoms with Gasteiger partial charge < -0.3 is 15.4 Å². The normalized spacial score (nSPS) is 29.6. The van der Waals surface area contributed by atoms with Gasteiger partial charge in [0.15, 0.2) is 0 Å². The molecular formula is C12H22N2O2. The van der Waals surface area contributed by atoms with E-state index in [2.05, 4.69) is 10.6 Å². The van der Waals surface area contributed by atoms with Crippen molar-refractivity contribution in [3.05, 3.63) is 0 Å². The van der Waals surface area contributed by atoms with Crippen LogP contribution in [0.25, 0.3) is 0 Å². The van der Waals surface area contributed by atoms with E-state index < -0.39 is 0 Å². The van der Waals surface area contributed by atoms with E-state index in [1.807, 2.05) is 0 Å². The van der Waals surface area contributed by atoms with E-state index in [-0.39, 0.29) is 5.91 Å². The molecule has 4 heteroatoms. The van der Waals surface area contributed by atoms with Gasteiger partial charge in [-0.3, -0.25) is 4.79 Å². The molecule has 2 rings (SSSR count). The molecule has 2 atom stereocenters. The standard InChI is InChI=1S/C12H22N2O2/c15-12-6-5-10(14-12)9-13-7-1-3-11-4-2-8-16-11/h10-11,13H,1-9H2,(H,14,15). The molecule has 0 saturated carbocycles. The molecule has 0 aliphatic carbocycles. The van der Waals surface area contributed by atoms with Crippen LogP contribution in [-0.4, -0.2) is 37.7 Å². The minimum atomic E-state index is 0.200. The highest BCUT2D eigenvalue weighted by Gasteiger charge is 2.19. The first-order valence-electron chi connectivity index (χ1n) is 6.46. The van der Waals surface area contributed by atoms with Crippen LogP contribution in [0.2, 0.25) is 0 Å². The summed E-state index contributed by atoms with van der Waals surface area (Å²) < 4.78 is 5.56. The Morgan fingerprint density at radius 2 is 2.38 bits per heavy atom. The summed E-state index contributed by atoms with van der Waals surface area (Å²) in [5, 5.41) is 6.36. The second-order valence-electron chi connectivity index (χ2n) is 4.78. The van der Waals surface area contributed by atoms with Crippen LogP contribution in [0.15, 0.2) is 0 Å². The molecular weight excluding hydrogens is 204 g/mol. The molecule has 0 aromatic rings. The Bertz CT molecular complexity index is 227. The molecule has 2 unspecified atom stereocenters. The summed E-state index contributed by atoms with van der Waals surface area (Å²) in [6.07, 6.45) is 6.99. The lowest BCUT2D eigenvalue weighted by Gasteiger charge is -2.12. The average molecular weight is 226 g/mol. The maximum Gasteiger partial charge on any atom is 0.220 e. The maximum absolute atomic E-state index is 11.0. The number of hydrogen-bond donors (Lipinski definition) is 2. The van der Waals surface area contributed by atoms with Crippen LogP contribution < -0.4 is 10.6 Å². The van der Waals surface area contributed by atoms with Crippen molar-refractivity contribution in [2.75, 3.05) is 19.7 Å². The molecule has 2 heterocycles. The third-order valence-electron chi connectivity index (χ3n) is 3.38. The van der Waals surface area contributed by atoms with Crippen molar-refractivity contribution in [2.24, 2.45) is 0 Å². The third kappa shape index (κ3) is 3.76.